The Labute approximate surface area is 117 Å². The topological polar surface area (TPSA) is 26.0 Å². The van der Waals surface area contributed by atoms with Gasteiger partial charge in [-0.15, -0.1) is 0 Å². The third kappa shape index (κ3) is 2.06. The number of fused-ring (bicyclic) bond motifs is 1. The molecule has 0 aliphatic heterocycles. The van der Waals surface area contributed by atoms with Crippen LogP contribution in [0.1, 0.15) is 5.56 Å². The van der Waals surface area contributed by atoms with E-state index in [1.807, 2.05) is 24.3 Å². The molecule has 0 unspecified atom stereocenters. The zero-order valence-corrected chi connectivity index (χ0v) is 11.4. The van der Waals surface area contributed by atoms with Gasteiger partial charge in [-0.1, -0.05) is 48.0 Å². The van der Waals surface area contributed by atoms with E-state index in [2.05, 4.69) is 37.3 Å². The molecule has 0 atom stereocenters. The quantitative estimate of drug-likeness (QED) is 0.614. The van der Waals surface area contributed by atoms with Crippen molar-refractivity contribution in [1.29, 1.82) is 0 Å². The maximum Gasteiger partial charge on any atom is 0.0413 e. The molecule has 0 heterocycles. The third-order valence-electron chi connectivity index (χ3n) is 3.45. The van der Waals surface area contributed by atoms with Crippen molar-refractivity contribution in [2.75, 3.05) is 5.73 Å². The number of nitrogen functional groups attached to an aromatic ring is 1. The van der Waals surface area contributed by atoms with Gasteiger partial charge in [0.05, 0.1) is 0 Å². The van der Waals surface area contributed by atoms with Gasteiger partial charge in [0.2, 0.25) is 0 Å². The minimum Gasteiger partial charge on any atom is -0.398 e. The fourth-order valence-corrected chi connectivity index (χ4v) is 2.62. The van der Waals surface area contributed by atoms with Crippen molar-refractivity contribution in [3.8, 4) is 11.1 Å². The van der Waals surface area contributed by atoms with E-state index >= 15 is 0 Å². The average molecular weight is 268 g/mol. The standard InChI is InChI=1S/C17H14ClN/c1-11-6-8-15(14-5-3-2-4-13(11)14)16-10-12(18)7-9-17(16)19/h2-10H,19H2,1H3. The number of nitrogens with two attached hydrogens (primary N) is 1. The van der Waals surface area contributed by atoms with Crippen molar-refractivity contribution in [3.63, 3.8) is 0 Å². The highest BCUT2D eigenvalue weighted by Gasteiger charge is 2.08. The first kappa shape index (κ1) is 12.1. The van der Waals surface area contributed by atoms with E-state index < -0.39 is 0 Å². The van der Waals surface area contributed by atoms with Gasteiger partial charge in [-0.3, -0.25) is 0 Å². The molecule has 0 aliphatic carbocycles. The summed E-state index contributed by atoms with van der Waals surface area (Å²) in [4.78, 5) is 0. The molecule has 0 radical (unpaired) electrons. The molecule has 0 aromatic heterocycles. The van der Waals surface area contributed by atoms with Gasteiger partial charge in [0.15, 0.2) is 0 Å². The zero-order valence-electron chi connectivity index (χ0n) is 10.7. The summed E-state index contributed by atoms with van der Waals surface area (Å²) in [5.41, 5.74) is 10.2. The molecule has 0 saturated heterocycles. The third-order valence-corrected chi connectivity index (χ3v) is 3.68. The van der Waals surface area contributed by atoms with E-state index in [1.165, 1.54) is 16.3 Å². The van der Waals surface area contributed by atoms with Crippen LogP contribution in [0.3, 0.4) is 0 Å². The molecule has 0 aliphatic rings. The van der Waals surface area contributed by atoms with Crippen molar-refractivity contribution >= 4 is 28.1 Å². The maximum atomic E-state index is 6.09. The van der Waals surface area contributed by atoms with Gasteiger partial charge in [-0.05, 0) is 47.0 Å². The van der Waals surface area contributed by atoms with E-state index in [1.54, 1.807) is 0 Å². The molecular formula is C17H14ClN. The molecule has 1 nitrogen and oxygen atoms in total. The highest BCUT2D eigenvalue weighted by atomic mass is 35.5. The molecule has 3 aromatic carbocycles. The summed E-state index contributed by atoms with van der Waals surface area (Å²) in [7, 11) is 0. The Morgan fingerprint density at radius 2 is 1.58 bits per heavy atom. The lowest BCUT2D eigenvalue weighted by atomic mass is 9.95. The summed E-state index contributed by atoms with van der Waals surface area (Å²) in [6, 6.07) is 18.2. The van der Waals surface area contributed by atoms with Crippen LogP contribution >= 0.6 is 11.6 Å². The second-order valence-electron chi connectivity index (χ2n) is 4.71. The van der Waals surface area contributed by atoms with Crippen LogP contribution in [-0.2, 0) is 0 Å². The number of hydrogen-bond acceptors (Lipinski definition) is 1. The number of rotatable bonds is 1. The molecule has 3 aromatic rings. The van der Waals surface area contributed by atoms with Crippen LogP contribution in [0.25, 0.3) is 21.9 Å². The number of benzene rings is 3. The molecule has 0 bridgehead atoms. The molecule has 19 heavy (non-hydrogen) atoms. The molecule has 2 N–H and O–H groups in total. The lowest BCUT2D eigenvalue weighted by molar-refractivity contribution is 1.52. The van der Waals surface area contributed by atoms with Crippen molar-refractivity contribution in [2.45, 2.75) is 6.92 Å². The van der Waals surface area contributed by atoms with Crippen LogP contribution in [0.5, 0.6) is 0 Å². The Morgan fingerprint density at radius 1 is 0.842 bits per heavy atom. The predicted molar refractivity (Wildman–Crippen MR) is 83.5 cm³/mol. The Morgan fingerprint density at radius 3 is 2.37 bits per heavy atom. The number of aryl methyl sites for hydroxylation is 1. The van der Waals surface area contributed by atoms with Gasteiger partial charge in [-0.2, -0.15) is 0 Å². The summed E-state index contributed by atoms with van der Waals surface area (Å²) in [5.74, 6) is 0. The summed E-state index contributed by atoms with van der Waals surface area (Å²) in [6.07, 6.45) is 0. The molecule has 2 heteroatoms. The first-order valence-corrected chi connectivity index (χ1v) is 6.58. The van der Waals surface area contributed by atoms with Crippen LogP contribution in [-0.4, -0.2) is 0 Å². The average Bonchev–Trinajstić information content (AvgIpc) is 2.43. The first-order chi connectivity index (χ1) is 9.16. The van der Waals surface area contributed by atoms with Gasteiger partial charge in [0.25, 0.3) is 0 Å². The Hall–Kier alpha value is -1.99. The highest BCUT2D eigenvalue weighted by Crippen LogP contribution is 2.35. The molecule has 0 amide bonds. The molecule has 94 valence electrons. The summed E-state index contributed by atoms with van der Waals surface area (Å²) in [6.45, 7) is 2.12. The number of anilines is 1. The summed E-state index contributed by atoms with van der Waals surface area (Å²) < 4.78 is 0. The predicted octanol–water partition coefficient (Wildman–Crippen LogP) is 5.05. The van der Waals surface area contributed by atoms with Gasteiger partial charge >= 0.3 is 0 Å². The van der Waals surface area contributed by atoms with Crippen LogP contribution in [0.2, 0.25) is 5.02 Å². The Kier molecular flexibility index (Phi) is 2.92. The fraction of sp³-hybridized carbons (Fsp3) is 0.0588. The minimum atomic E-state index is 0.703. The summed E-state index contributed by atoms with van der Waals surface area (Å²) >= 11 is 6.09. The van der Waals surface area contributed by atoms with Crippen LogP contribution in [0.15, 0.2) is 54.6 Å². The van der Waals surface area contributed by atoms with Crippen LogP contribution in [0.4, 0.5) is 5.69 Å². The molecule has 3 rings (SSSR count). The Balaban J connectivity index is 2.37. The van der Waals surface area contributed by atoms with Crippen LogP contribution in [0, 0.1) is 6.92 Å². The number of hydrogen-bond donors (Lipinski definition) is 1. The normalized spacial score (nSPS) is 10.8. The molecule has 0 saturated carbocycles. The fourth-order valence-electron chi connectivity index (χ4n) is 2.45. The summed E-state index contributed by atoms with van der Waals surface area (Å²) in [5, 5.41) is 3.16. The lowest BCUT2D eigenvalue weighted by Gasteiger charge is -2.11. The second-order valence-corrected chi connectivity index (χ2v) is 5.14. The first-order valence-electron chi connectivity index (χ1n) is 6.20. The molecule has 0 fully saturated rings. The van der Waals surface area contributed by atoms with Gasteiger partial charge in [0, 0.05) is 16.3 Å². The van der Waals surface area contributed by atoms with Gasteiger partial charge < -0.3 is 5.73 Å². The van der Waals surface area contributed by atoms with Gasteiger partial charge in [-0.25, -0.2) is 0 Å². The SMILES string of the molecule is Cc1ccc(-c2cc(Cl)ccc2N)c2ccccc12. The van der Waals surface area contributed by atoms with Crippen molar-refractivity contribution in [3.05, 3.63) is 65.2 Å². The smallest absolute Gasteiger partial charge is 0.0413 e. The van der Waals surface area contributed by atoms with Crippen molar-refractivity contribution in [1.82, 2.24) is 0 Å². The lowest BCUT2D eigenvalue weighted by Crippen LogP contribution is -1.91. The highest BCUT2D eigenvalue weighted by molar-refractivity contribution is 6.31. The van der Waals surface area contributed by atoms with Crippen molar-refractivity contribution in [2.24, 2.45) is 0 Å². The van der Waals surface area contributed by atoms with Crippen molar-refractivity contribution < 1.29 is 0 Å². The van der Waals surface area contributed by atoms with E-state index in [0.717, 1.165) is 16.8 Å². The Bertz CT molecular complexity index is 762. The maximum absolute atomic E-state index is 6.09. The van der Waals surface area contributed by atoms with E-state index in [0.29, 0.717) is 5.02 Å². The largest absolute Gasteiger partial charge is 0.398 e. The zero-order chi connectivity index (χ0) is 13.4. The van der Waals surface area contributed by atoms with Gasteiger partial charge in [0.1, 0.15) is 0 Å². The minimum absolute atomic E-state index is 0.703. The molecular weight excluding hydrogens is 254 g/mol. The monoisotopic (exact) mass is 267 g/mol. The van der Waals surface area contributed by atoms with E-state index in [9.17, 15) is 0 Å². The molecule has 0 spiro atoms. The van der Waals surface area contributed by atoms with E-state index in [4.69, 9.17) is 17.3 Å². The second kappa shape index (κ2) is 4.60. The van der Waals surface area contributed by atoms with E-state index in [-0.39, 0.29) is 0 Å². The number of halogens is 1. The van der Waals surface area contributed by atoms with Crippen LogP contribution < -0.4 is 5.73 Å².